The molecule has 0 fully saturated rings. The summed E-state index contributed by atoms with van der Waals surface area (Å²) in [6.45, 7) is 2.72. The molecule has 0 saturated heterocycles. The molecule has 6 nitrogen and oxygen atoms in total. The number of hydrogen-bond donors (Lipinski definition) is 3. The molecule has 0 aliphatic rings. The van der Waals surface area contributed by atoms with Gasteiger partial charge in [0.15, 0.2) is 4.77 Å². The Hall–Kier alpha value is -2.45. The fraction of sp³-hybridized carbons (Fsp3) is 0.167. The summed E-state index contributed by atoms with van der Waals surface area (Å²) in [5, 5.41) is 4.01. The molecule has 0 spiro atoms. The third kappa shape index (κ3) is 4.39. The average Bonchev–Trinajstić information content (AvgIpc) is 3.00. The minimum absolute atomic E-state index is 0.300. The number of H-pyrrole nitrogens is 2. The second-order valence-corrected chi connectivity index (χ2v) is 6.84. The number of nitrogens with one attached hydrogen (secondary N) is 3. The maximum absolute atomic E-state index is 12.2. The number of imidazole rings is 1. The Labute approximate surface area is 163 Å². The van der Waals surface area contributed by atoms with Gasteiger partial charge in [0, 0.05) is 5.56 Å². The molecule has 1 aromatic heterocycles. The van der Waals surface area contributed by atoms with Crippen LogP contribution in [0.5, 0.6) is 5.75 Å². The van der Waals surface area contributed by atoms with Gasteiger partial charge in [-0.25, -0.2) is 5.43 Å². The van der Waals surface area contributed by atoms with E-state index in [0.717, 1.165) is 33.2 Å². The van der Waals surface area contributed by atoms with Gasteiger partial charge >= 0.3 is 0 Å². The largest absolute Gasteiger partial charge is 0.492 e. The standard InChI is InChI=1S/C18H17BrN4O2S/c1-2-7-25-16-6-3-11(8-13(16)19)10-20-23-17(24)12-4-5-14-15(9-12)22-18(26)21-14/h3-6,8-10H,2,7H2,1H3,(H,23,24)(H2,21,22,26)/b20-10-. The van der Waals surface area contributed by atoms with Crippen molar-refractivity contribution in [3.8, 4) is 5.75 Å². The Morgan fingerprint density at radius 1 is 1.27 bits per heavy atom. The fourth-order valence-corrected chi connectivity index (χ4v) is 3.06. The molecule has 0 aliphatic heterocycles. The Morgan fingerprint density at radius 3 is 2.85 bits per heavy atom. The minimum atomic E-state index is -0.300. The Balaban J connectivity index is 1.66. The number of carbonyl (C=O) groups is 1. The van der Waals surface area contributed by atoms with Crippen LogP contribution in [0.3, 0.4) is 0 Å². The fourth-order valence-electron chi connectivity index (χ4n) is 2.33. The van der Waals surface area contributed by atoms with E-state index in [1.54, 1.807) is 24.4 Å². The molecule has 0 radical (unpaired) electrons. The molecule has 134 valence electrons. The number of halogens is 1. The van der Waals surface area contributed by atoms with Crippen molar-refractivity contribution in [2.24, 2.45) is 5.10 Å². The van der Waals surface area contributed by atoms with Gasteiger partial charge in [-0.2, -0.15) is 5.10 Å². The zero-order chi connectivity index (χ0) is 18.5. The first-order valence-corrected chi connectivity index (χ1v) is 9.24. The highest BCUT2D eigenvalue weighted by Gasteiger charge is 2.06. The van der Waals surface area contributed by atoms with Crippen molar-refractivity contribution >= 4 is 51.3 Å². The van der Waals surface area contributed by atoms with Gasteiger partial charge in [-0.1, -0.05) is 6.92 Å². The SMILES string of the molecule is CCCOc1ccc(/C=N\NC(=O)c2ccc3[nH]c(=S)[nH]c3c2)cc1Br. The number of ether oxygens (including phenoxy) is 1. The summed E-state index contributed by atoms with van der Waals surface area (Å²) in [7, 11) is 0. The number of carbonyl (C=O) groups excluding carboxylic acids is 1. The number of hydrogen-bond acceptors (Lipinski definition) is 4. The maximum atomic E-state index is 12.2. The van der Waals surface area contributed by atoms with Crippen LogP contribution in [0.1, 0.15) is 29.3 Å². The van der Waals surface area contributed by atoms with E-state index in [1.807, 2.05) is 18.2 Å². The van der Waals surface area contributed by atoms with E-state index >= 15 is 0 Å². The molecule has 0 saturated carbocycles. The van der Waals surface area contributed by atoms with Crippen molar-refractivity contribution in [3.05, 3.63) is 56.8 Å². The van der Waals surface area contributed by atoms with E-state index in [-0.39, 0.29) is 5.91 Å². The van der Waals surface area contributed by atoms with Crippen molar-refractivity contribution < 1.29 is 9.53 Å². The topological polar surface area (TPSA) is 82.3 Å². The van der Waals surface area contributed by atoms with Gasteiger partial charge in [0.25, 0.3) is 5.91 Å². The smallest absolute Gasteiger partial charge is 0.271 e. The maximum Gasteiger partial charge on any atom is 0.271 e. The summed E-state index contributed by atoms with van der Waals surface area (Å²) < 4.78 is 6.97. The number of aromatic nitrogens is 2. The second kappa shape index (κ2) is 8.29. The zero-order valence-electron chi connectivity index (χ0n) is 14.0. The Morgan fingerprint density at radius 2 is 2.08 bits per heavy atom. The highest BCUT2D eigenvalue weighted by molar-refractivity contribution is 9.10. The lowest BCUT2D eigenvalue weighted by Gasteiger charge is -2.07. The van der Waals surface area contributed by atoms with Gasteiger partial charge < -0.3 is 14.7 Å². The van der Waals surface area contributed by atoms with Crippen LogP contribution in [0.2, 0.25) is 0 Å². The van der Waals surface area contributed by atoms with Gasteiger partial charge in [-0.3, -0.25) is 4.79 Å². The third-order valence-corrected chi connectivity index (χ3v) is 4.40. The zero-order valence-corrected chi connectivity index (χ0v) is 16.4. The average molecular weight is 433 g/mol. The molecule has 3 N–H and O–H groups in total. The molecule has 0 aliphatic carbocycles. The molecule has 0 unspecified atom stereocenters. The quantitative estimate of drug-likeness (QED) is 0.303. The molecule has 1 amide bonds. The molecule has 1 heterocycles. The number of aromatic amines is 2. The monoisotopic (exact) mass is 432 g/mol. The van der Waals surface area contributed by atoms with E-state index in [0.29, 0.717) is 16.9 Å². The number of hydrazone groups is 1. The first-order chi connectivity index (χ1) is 12.6. The first-order valence-electron chi connectivity index (χ1n) is 8.04. The predicted octanol–water partition coefficient (Wildman–Crippen LogP) is 4.54. The van der Waals surface area contributed by atoms with E-state index < -0.39 is 0 Å². The Bertz CT molecular complexity index is 1030. The van der Waals surface area contributed by atoms with Crippen LogP contribution in [0.15, 0.2) is 46.0 Å². The van der Waals surface area contributed by atoms with Crippen LogP contribution in [-0.2, 0) is 0 Å². The van der Waals surface area contributed by atoms with Crippen LogP contribution in [0, 0.1) is 4.77 Å². The summed E-state index contributed by atoms with van der Waals surface area (Å²) in [6.07, 6.45) is 2.52. The van der Waals surface area contributed by atoms with Gasteiger partial charge in [0.05, 0.1) is 28.3 Å². The molecule has 0 bridgehead atoms. The third-order valence-electron chi connectivity index (χ3n) is 3.58. The first kappa shape index (κ1) is 18.3. The van der Waals surface area contributed by atoms with Crippen LogP contribution in [0.25, 0.3) is 11.0 Å². The van der Waals surface area contributed by atoms with Crippen LogP contribution in [0.4, 0.5) is 0 Å². The normalized spacial score (nSPS) is 11.2. The molecule has 2 aromatic carbocycles. The molecular formula is C18H17BrN4O2S. The van der Waals surface area contributed by atoms with Crippen molar-refractivity contribution in [2.45, 2.75) is 13.3 Å². The number of nitrogens with zero attached hydrogens (tertiary/aromatic N) is 1. The molecule has 3 rings (SSSR count). The highest BCUT2D eigenvalue weighted by atomic mass is 79.9. The van der Waals surface area contributed by atoms with Crippen molar-refractivity contribution in [1.29, 1.82) is 0 Å². The molecule has 0 atom stereocenters. The Kier molecular flexibility index (Phi) is 5.85. The summed E-state index contributed by atoms with van der Waals surface area (Å²) >= 11 is 8.51. The van der Waals surface area contributed by atoms with E-state index in [4.69, 9.17) is 17.0 Å². The lowest BCUT2D eigenvalue weighted by molar-refractivity contribution is 0.0955. The van der Waals surface area contributed by atoms with Gasteiger partial charge in [-0.05, 0) is 76.5 Å². The minimum Gasteiger partial charge on any atom is -0.492 e. The lowest BCUT2D eigenvalue weighted by Crippen LogP contribution is -2.17. The van der Waals surface area contributed by atoms with E-state index in [1.165, 1.54) is 0 Å². The van der Waals surface area contributed by atoms with Gasteiger partial charge in [0.2, 0.25) is 0 Å². The van der Waals surface area contributed by atoms with E-state index in [9.17, 15) is 4.79 Å². The van der Waals surface area contributed by atoms with Crippen molar-refractivity contribution in [2.75, 3.05) is 6.61 Å². The van der Waals surface area contributed by atoms with Crippen LogP contribution in [-0.4, -0.2) is 28.7 Å². The summed E-state index contributed by atoms with van der Waals surface area (Å²) in [4.78, 5) is 18.2. The van der Waals surface area contributed by atoms with Crippen molar-refractivity contribution in [3.63, 3.8) is 0 Å². The molecule has 8 heteroatoms. The van der Waals surface area contributed by atoms with Crippen molar-refractivity contribution in [1.82, 2.24) is 15.4 Å². The summed E-state index contributed by atoms with van der Waals surface area (Å²) in [6, 6.07) is 10.9. The van der Waals surface area contributed by atoms with Crippen LogP contribution >= 0.6 is 28.1 Å². The number of benzene rings is 2. The molecule has 26 heavy (non-hydrogen) atoms. The lowest BCUT2D eigenvalue weighted by atomic mass is 10.2. The summed E-state index contributed by atoms with van der Waals surface area (Å²) in [5.74, 6) is 0.482. The number of amides is 1. The molecule has 3 aromatic rings. The highest BCUT2D eigenvalue weighted by Crippen LogP contribution is 2.25. The van der Waals surface area contributed by atoms with Crippen LogP contribution < -0.4 is 10.2 Å². The predicted molar refractivity (Wildman–Crippen MR) is 108 cm³/mol. The number of rotatable bonds is 6. The molecular weight excluding hydrogens is 416 g/mol. The van der Waals surface area contributed by atoms with Gasteiger partial charge in [0.1, 0.15) is 5.75 Å². The summed E-state index contributed by atoms with van der Waals surface area (Å²) in [5.41, 5.74) is 5.48. The van der Waals surface area contributed by atoms with E-state index in [2.05, 4.69) is 43.3 Å². The van der Waals surface area contributed by atoms with Gasteiger partial charge in [-0.15, -0.1) is 0 Å². The second-order valence-electron chi connectivity index (χ2n) is 5.58. The number of fused-ring (bicyclic) bond motifs is 1.